The first-order valence-corrected chi connectivity index (χ1v) is 34.3. The predicted molar refractivity (Wildman–Crippen MR) is 387 cm³/mol. The number of imidazole rings is 1. The molecule has 4 atom stereocenters. The minimum atomic E-state index is -0.228. The van der Waals surface area contributed by atoms with Crippen LogP contribution in [0, 0.1) is 40.7 Å². The molecule has 3 saturated heterocycles. The van der Waals surface area contributed by atoms with Gasteiger partial charge in [0.05, 0.1) is 45.8 Å². The molecule has 0 amide bonds. The minimum Gasteiger partial charge on any atom is -0.371 e. The molecule has 18 nitrogen and oxygen atoms in total. The second kappa shape index (κ2) is 26.3. The summed E-state index contributed by atoms with van der Waals surface area (Å²) in [4.78, 5) is 21.4. The first kappa shape index (κ1) is 63.0. The van der Waals surface area contributed by atoms with Crippen LogP contribution in [0.4, 0.5) is 25.8 Å². The van der Waals surface area contributed by atoms with Crippen LogP contribution in [0.25, 0.3) is 85.0 Å². The van der Waals surface area contributed by atoms with Gasteiger partial charge in [0, 0.05) is 136 Å². The van der Waals surface area contributed by atoms with Crippen molar-refractivity contribution in [1.82, 2.24) is 67.9 Å². The maximum atomic E-state index is 13.4. The molecule has 0 bridgehead atoms. The molecule has 0 aliphatic carbocycles. The molecule has 6 aromatic carbocycles. The lowest BCUT2D eigenvalue weighted by atomic mass is 9.98. The third-order valence-corrected chi connectivity index (χ3v) is 20.9. The molecule has 6 aromatic heterocycles. The molecule has 99 heavy (non-hydrogen) atoms. The van der Waals surface area contributed by atoms with Gasteiger partial charge in [0.1, 0.15) is 24.3 Å². The number of anilines is 3. The Balaban J connectivity index is 0.000000116. The summed E-state index contributed by atoms with van der Waals surface area (Å²) in [6.07, 6.45) is 16.2. The largest absolute Gasteiger partial charge is 0.371 e. The van der Waals surface area contributed by atoms with Gasteiger partial charge in [0.15, 0.2) is 17.5 Å². The number of likely N-dealkylation sites (N-methyl/N-ethyl adjacent to an activating group) is 1. The quantitative estimate of drug-likeness (QED) is 0.131. The van der Waals surface area contributed by atoms with E-state index < -0.39 is 0 Å². The number of benzene rings is 6. The number of nitrogens with zero attached hydrogens (tertiary/aromatic N) is 17. The molecule has 500 valence electrons. The number of nitriles is 1. The molecule has 0 unspecified atom stereocenters. The maximum Gasteiger partial charge on any atom is 0.185 e. The lowest BCUT2D eigenvalue weighted by Crippen LogP contribution is -2.31. The van der Waals surface area contributed by atoms with Gasteiger partial charge in [-0.1, -0.05) is 43.3 Å². The molecule has 0 radical (unpaired) electrons. The smallest absolute Gasteiger partial charge is 0.185 e. The Hall–Kier alpha value is -10.7. The van der Waals surface area contributed by atoms with Crippen LogP contribution < -0.4 is 20.0 Å². The summed E-state index contributed by atoms with van der Waals surface area (Å²) >= 11 is 0. The van der Waals surface area contributed by atoms with Crippen molar-refractivity contribution in [3.8, 4) is 91.1 Å². The average molecular weight is 1320 g/mol. The van der Waals surface area contributed by atoms with E-state index in [1.807, 2.05) is 66.5 Å². The van der Waals surface area contributed by atoms with Gasteiger partial charge in [0.2, 0.25) is 0 Å². The van der Waals surface area contributed by atoms with Gasteiger partial charge < -0.3 is 43.5 Å². The Labute approximate surface area is 575 Å². The highest BCUT2D eigenvalue weighted by Gasteiger charge is 2.33. The van der Waals surface area contributed by atoms with Gasteiger partial charge in [-0.15, -0.1) is 10.2 Å². The van der Waals surface area contributed by atoms with E-state index in [0.29, 0.717) is 29.4 Å². The summed E-state index contributed by atoms with van der Waals surface area (Å²) in [7, 11) is 10.7. The topological polar surface area (TPSA) is 146 Å². The normalized spacial score (nSPS) is 17.7. The van der Waals surface area contributed by atoms with Crippen molar-refractivity contribution in [2.75, 3.05) is 102 Å². The fourth-order valence-corrected chi connectivity index (χ4v) is 15.7. The van der Waals surface area contributed by atoms with Crippen LogP contribution in [0.3, 0.4) is 0 Å². The van der Waals surface area contributed by atoms with Gasteiger partial charge in [-0.2, -0.15) is 10.4 Å². The molecule has 12 aromatic rings. The first-order chi connectivity index (χ1) is 48.3. The van der Waals surface area contributed by atoms with Crippen LogP contribution in [0.15, 0.2) is 189 Å². The summed E-state index contributed by atoms with van der Waals surface area (Å²) in [5, 5.41) is 25.6. The summed E-state index contributed by atoms with van der Waals surface area (Å²) < 4.78 is 39.8. The van der Waals surface area contributed by atoms with E-state index in [0.717, 1.165) is 151 Å². The van der Waals surface area contributed by atoms with Crippen LogP contribution in [0.5, 0.6) is 0 Å². The second-order valence-corrected chi connectivity index (χ2v) is 27.9. The van der Waals surface area contributed by atoms with Crippen molar-refractivity contribution in [1.29, 1.82) is 5.26 Å². The fraction of sp³-hybridized carbons (Fsp3) is 0.291. The highest BCUT2D eigenvalue weighted by molar-refractivity contribution is 5.76. The van der Waals surface area contributed by atoms with E-state index in [1.165, 1.54) is 76.5 Å². The summed E-state index contributed by atoms with van der Waals surface area (Å²) in [6.45, 7) is 13.3. The highest BCUT2D eigenvalue weighted by atomic mass is 19.1. The maximum absolute atomic E-state index is 13.4. The van der Waals surface area contributed by atoms with Gasteiger partial charge in [0.25, 0.3) is 0 Å². The molecule has 3 fully saturated rings. The van der Waals surface area contributed by atoms with Crippen molar-refractivity contribution in [3.63, 3.8) is 0 Å². The van der Waals surface area contributed by atoms with Crippen LogP contribution in [0.1, 0.15) is 42.0 Å². The standard InChI is InChI=1S/C27H26N6.2C26H27FN6/c1-30(2)24-9-11-31(18-24)23-7-8-25-22(13-23)17-32-16-21(20-5-3-19(15-28)4-6-20)14-26(32)27-29-10-12-33(25)27;1-17-12-31(15-21(17)11-28-2)23-7-8-24-20(9-23)14-32-13-19(18-3-5-22(27)6-4-18)10-25(32)26-29-16-30-33(24)26;1-30(2)13-18-9-10-31(14-18)23-7-8-24-21(11-23)16-32-15-20(19-3-5-22(27)6-4-19)12-25(32)26-29-28-17-33(24)26/h3-8,10,12-14,16,24H,9,11,17-18H2,1-2H3;3-10,13,16-17,21,28H,11-12,14-15H2,1-2H3;3-8,11-12,15,17-18H,9-10,13-14,16H2,1-2H3/t24-;17-,21+;18-/m010/s1. The van der Waals surface area contributed by atoms with E-state index in [1.54, 1.807) is 12.7 Å². The van der Waals surface area contributed by atoms with E-state index >= 15 is 0 Å². The fourth-order valence-electron chi connectivity index (χ4n) is 15.7. The van der Waals surface area contributed by atoms with E-state index in [-0.39, 0.29) is 11.6 Å². The lowest BCUT2D eigenvalue weighted by molar-refractivity contribution is 0.315. The van der Waals surface area contributed by atoms with Gasteiger partial charge in [-0.05, 0) is 215 Å². The van der Waals surface area contributed by atoms with Crippen molar-refractivity contribution < 1.29 is 8.78 Å². The predicted octanol–water partition coefficient (Wildman–Crippen LogP) is 12.9. The van der Waals surface area contributed by atoms with Crippen molar-refractivity contribution in [3.05, 3.63) is 223 Å². The molecular weight excluding hydrogens is 1240 g/mol. The Morgan fingerprint density at radius 3 is 1.67 bits per heavy atom. The summed E-state index contributed by atoms with van der Waals surface area (Å²) in [5.41, 5.74) is 21.1. The SMILES string of the molecule is CN(C)C[C@@H]1CCN(c2ccc3c(c2)Cn2cc(-c4ccc(F)cc4)cc2-c2nncn2-3)C1.CN(C)[C@H]1CCN(c2ccc3c(c2)Cn2cc(-c4ccc(C#N)cc4)cc2-c2nccn2-3)C1.CNC[C@H]1CN(c2ccc3c(c2)Cn2cc(-c4ccc(F)cc4)cc2-c2ncnn2-3)C[C@H]1C. The average Bonchev–Trinajstić information content (AvgIpc) is 1.62. The third-order valence-electron chi connectivity index (χ3n) is 20.9. The number of fused-ring (bicyclic) bond motifs is 15. The number of nitrogens with one attached hydrogen (secondary N) is 1. The molecular formula is C79H80F2N18. The lowest BCUT2D eigenvalue weighted by Gasteiger charge is -2.23. The third kappa shape index (κ3) is 12.3. The zero-order chi connectivity index (χ0) is 67.6. The molecule has 20 heteroatoms. The van der Waals surface area contributed by atoms with Crippen LogP contribution in [0.2, 0.25) is 0 Å². The number of rotatable bonds is 11. The number of hydrogen-bond acceptors (Lipinski definition) is 12. The zero-order valence-corrected chi connectivity index (χ0v) is 56.8. The minimum absolute atomic E-state index is 0.226. The van der Waals surface area contributed by atoms with E-state index in [4.69, 9.17) is 10.2 Å². The Bertz CT molecular complexity index is 4960. The van der Waals surface area contributed by atoms with Crippen molar-refractivity contribution >= 4 is 17.1 Å². The van der Waals surface area contributed by atoms with Gasteiger partial charge in [-0.3, -0.25) is 9.13 Å². The molecule has 12 heterocycles. The highest BCUT2D eigenvalue weighted by Crippen LogP contribution is 2.41. The molecule has 1 N–H and O–H groups in total. The van der Waals surface area contributed by atoms with Gasteiger partial charge in [-0.25, -0.2) is 23.4 Å². The Morgan fingerprint density at radius 2 is 1.09 bits per heavy atom. The Morgan fingerprint density at radius 1 is 0.556 bits per heavy atom. The first-order valence-electron chi connectivity index (χ1n) is 34.3. The van der Waals surface area contributed by atoms with E-state index in [2.05, 4.69) is 212 Å². The van der Waals surface area contributed by atoms with Crippen LogP contribution in [-0.2, 0) is 19.6 Å². The number of aromatic nitrogens is 11. The summed E-state index contributed by atoms with van der Waals surface area (Å²) in [5.74, 6) is 4.16. The van der Waals surface area contributed by atoms with Gasteiger partial charge >= 0.3 is 0 Å². The van der Waals surface area contributed by atoms with Crippen molar-refractivity contribution in [2.24, 2.45) is 17.8 Å². The number of halogens is 2. The molecule has 6 aliphatic heterocycles. The molecule has 0 spiro atoms. The monoisotopic (exact) mass is 1320 g/mol. The van der Waals surface area contributed by atoms with E-state index in [9.17, 15) is 8.78 Å². The summed E-state index contributed by atoms with van der Waals surface area (Å²) in [6, 6.07) is 50.6. The molecule has 0 saturated carbocycles. The molecule has 18 rings (SSSR count). The van der Waals surface area contributed by atoms with Crippen molar-refractivity contribution in [2.45, 2.75) is 45.4 Å². The second-order valence-electron chi connectivity index (χ2n) is 27.9. The number of hydrogen-bond donors (Lipinski definition) is 1. The van der Waals surface area contributed by atoms with Crippen LogP contribution in [-0.4, -0.2) is 156 Å². The van der Waals surface area contributed by atoms with Crippen LogP contribution >= 0.6 is 0 Å². The Kier molecular flexibility index (Phi) is 16.7. The molecule has 6 aliphatic rings. The zero-order valence-electron chi connectivity index (χ0n) is 56.8.